The van der Waals surface area contributed by atoms with Gasteiger partial charge in [0.25, 0.3) is 11.8 Å². The van der Waals surface area contributed by atoms with Crippen LogP contribution in [0, 0.1) is 6.92 Å². The Morgan fingerprint density at radius 3 is 2.24 bits per heavy atom. The number of ether oxygens (including phenoxy) is 1. The maximum atomic E-state index is 16.2. The zero-order valence-corrected chi connectivity index (χ0v) is 36.8. The van der Waals surface area contributed by atoms with Gasteiger partial charge >= 0.3 is 12.1 Å². The van der Waals surface area contributed by atoms with E-state index in [1.54, 1.807) is 46.5 Å². The third-order valence-corrected chi connectivity index (χ3v) is 13.6. The number of aryl methyl sites for hydroxylation is 1. The SMILES string of the molecule is CCCCCCN1C(=O)c2c3[nH]c(cc4nc(cc5nc(cc6[nH]c2c(c6C)C1=O)C(C)(CC)C5(O[Si](C)(C)C)C(F)(F)F)C(CC)=C4C)[C@@H](C)[C@@H]3CCC(=O)OC. The highest BCUT2D eigenvalue weighted by atomic mass is 28.4. The first-order chi connectivity index (χ1) is 27.2. The number of halogens is 3. The fourth-order valence-corrected chi connectivity index (χ4v) is 10.6. The van der Waals surface area contributed by atoms with E-state index < -0.39 is 37.3 Å². The van der Waals surface area contributed by atoms with Gasteiger partial charge in [-0.05, 0) is 94.1 Å². The summed E-state index contributed by atoms with van der Waals surface area (Å²) in [6, 6.07) is 4.95. The highest BCUT2D eigenvalue weighted by Crippen LogP contribution is 2.60. The number of H-pyrrole nitrogens is 2. The first kappa shape index (κ1) is 43.3. The van der Waals surface area contributed by atoms with Crippen molar-refractivity contribution in [1.82, 2.24) is 24.8 Å². The minimum Gasteiger partial charge on any atom is -0.469 e. The first-order valence-electron chi connectivity index (χ1n) is 20.7. The molecule has 6 rings (SSSR count). The average molecular weight is 822 g/mol. The quantitative estimate of drug-likeness (QED) is 0.0943. The van der Waals surface area contributed by atoms with Crippen LogP contribution in [-0.2, 0) is 25.0 Å². The van der Waals surface area contributed by atoms with Crippen LogP contribution in [0.2, 0.25) is 19.6 Å². The summed E-state index contributed by atoms with van der Waals surface area (Å²) in [5, 5.41) is 0. The van der Waals surface area contributed by atoms with Crippen molar-refractivity contribution in [3.8, 4) is 0 Å². The highest BCUT2D eigenvalue weighted by Gasteiger charge is 2.71. The Labute approximate surface area is 340 Å². The smallest absolute Gasteiger partial charge is 0.423 e. The molecule has 6 heterocycles. The number of carbonyl (C=O) groups excluding carboxylic acids is 3. The summed E-state index contributed by atoms with van der Waals surface area (Å²) in [4.78, 5) is 60.0. The van der Waals surface area contributed by atoms with E-state index in [4.69, 9.17) is 19.1 Å². The molecule has 0 radical (unpaired) electrons. The van der Waals surface area contributed by atoms with E-state index in [2.05, 4.69) is 16.9 Å². The summed E-state index contributed by atoms with van der Waals surface area (Å²) in [6.07, 6.45) is -0.516. The molecule has 14 heteroatoms. The number of amides is 2. The number of fused-ring (bicyclic) bond motifs is 8. The summed E-state index contributed by atoms with van der Waals surface area (Å²) >= 11 is 0. The van der Waals surface area contributed by atoms with Gasteiger partial charge in [-0.25, -0.2) is 4.98 Å². The van der Waals surface area contributed by atoms with Gasteiger partial charge in [-0.2, -0.15) is 13.2 Å². The van der Waals surface area contributed by atoms with E-state index in [9.17, 15) is 14.4 Å². The lowest BCUT2D eigenvalue weighted by Crippen LogP contribution is -2.59. The van der Waals surface area contributed by atoms with Crippen molar-refractivity contribution in [2.45, 2.75) is 149 Å². The third-order valence-electron chi connectivity index (χ3n) is 12.7. The van der Waals surface area contributed by atoms with E-state index in [0.717, 1.165) is 36.1 Å². The van der Waals surface area contributed by atoms with Crippen molar-refractivity contribution >= 4 is 48.3 Å². The zero-order valence-electron chi connectivity index (χ0n) is 35.8. The standard InChI is InChI=1S/C44H58F3N5O5Si/c1-12-15-16-17-20-52-40(54)36-26(6)31-22-33-42(7,14-3)43(44(45,46)47,57-58(9,10)11)34(51-33)23-32-27(13-2)24(4)29(48-32)21-30-25(5)28(18-19-35(53)56-8)38(49-30)37(41(52)55)39(36)50-31/h21-23,25,28,49-50H,12-20H2,1-11H3/t25-,28-,42?,43?/m0/s1. The minimum atomic E-state index is -4.88. The van der Waals surface area contributed by atoms with E-state index in [0.29, 0.717) is 52.9 Å². The number of esters is 1. The average Bonchev–Trinajstić information content (AvgIpc) is 3.81. The van der Waals surface area contributed by atoms with Gasteiger partial charge in [-0.15, -0.1) is 0 Å². The van der Waals surface area contributed by atoms with E-state index in [-0.39, 0.29) is 59.7 Å². The molecule has 0 spiro atoms. The molecule has 0 saturated heterocycles. The van der Waals surface area contributed by atoms with Crippen molar-refractivity contribution < 1.29 is 36.7 Å². The Bertz CT molecular complexity index is 2250. The fraction of sp³-hybridized carbons (Fsp3) is 0.568. The van der Waals surface area contributed by atoms with Crippen molar-refractivity contribution in [2.24, 2.45) is 0 Å². The number of aromatic amines is 2. The maximum absolute atomic E-state index is 16.2. The molecular weight excluding hydrogens is 764 g/mol. The molecule has 8 bridgehead atoms. The second-order valence-corrected chi connectivity index (χ2v) is 21.8. The molecule has 0 saturated carbocycles. The lowest BCUT2D eigenvalue weighted by molar-refractivity contribution is -0.281. The highest BCUT2D eigenvalue weighted by molar-refractivity contribution is 6.69. The third kappa shape index (κ3) is 7.01. The normalized spacial score (nSPS) is 22.8. The molecule has 4 aliphatic rings. The molecule has 10 nitrogen and oxygen atoms in total. The van der Waals surface area contributed by atoms with Crippen LogP contribution in [0.5, 0.6) is 0 Å². The van der Waals surface area contributed by atoms with Gasteiger partial charge in [0.2, 0.25) is 5.60 Å². The molecule has 0 aromatic carbocycles. The molecule has 2 N–H and O–H groups in total. The number of hydrogen-bond acceptors (Lipinski definition) is 7. The predicted octanol–water partition coefficient (Wildman–Crippen LogP) is 10.7. The number of alkyl halides is 3. The summed E-state index contributed by atoms with van der Waals surface area (Å²) in [5.74, 6) is -1.91. The number of rotatable bonds is 12. The van der Waals surface area contributed by atoms with Gasteiger partial charge in [0.15, 0.2) is 8.32 Å². The van der Waals surface area contributed by atoms with Crippen molar-refractivity contribution in [3.05, 3.63) is 69.1 Å². The lowest BCUT2D eigenvalue weighted by atomic mass is 9.69. The number of imide groups is 1. The topological polar surface area (TPSA) is 130 Å². The molecule has 4 aliphatic heterocycles. The second-order valence-electron chi connectivity index (χ2n) is 17.3. The lowest BCUT2D eigenvalue weighted by Gasteiger charge is -2.47. The molecule has 2 aromatic heterocycles. The van der Waals surface area contributed by atoms with Crippen LogP contribution in [0.3, 0.4) is 0 Å². The number of methoxy groups -OCH3 is 1. The summed E-state index contributed by atoms with van der Waals surface area (Å²) in [7, 11) is -1.61. The molecule has 2 amide bonds. The minimum absolute atomic E-state index is 0.0243. The Balaban J connectivity index is 1.81. The van der Waals surface area contributed by atoms with E-state index in [1.165, 1.54) is 18.1 Å². The van der Waals surface area contributed by atoms with Crippen LogP contribution in [0.25, 0.3) is 22.2 Å². The van der Waals surface area contributed by atoms with Gasteiger partial charge < -0.3 is 19.1 Å². The number of unbranched alkanes of at least 4 members (excludes halogenated alkanes) is 3. The van der Waals surface area contributed by atoms with E-state index >= 15 is 13.2 Å². The Kier molecular flexibility index (Phi) is 11.7. The summed E-state index contributed by atoms with van der Waals surface area (Å²) in [5.41, 5.74) is 0.920. The molecule has 4 atom stereocenters. The molecule has 0 fully saturated rings. The number of allylic oxidation sites excluding steroid dienone is 2. The van der Waals surface area contributed by atoms with Gasteiger partial charge in [0, 0.05) is 41.7 Å². The van der Waals surface area contributed by atoms with Gasteiger partial charge in [-0.1, -0.05) is 53.9 Å². The number of hydrogen-bond donors (Lipinski definition) is 2. The van der Waals surface area contributed by atoms with Crippen molar-refractivity contribution in [1.29, 1.82) is 0 Å². The van der Waals surface area contributed by atoms with Gasteiger partial charge in [-0.3, -0.25) is 24.3 Å². The van der Waals surface area contributed by atoms with E-state index in [1.807, 2.05) is 26.8 Å². The molecule has 58 heavy (non-hydrogen) atoms. The van der Waals surface area contributed by atoms with Crippen molar-refractivity contribution in [2.75, 3.05) is 13.7 Å². The molecule has 2 aromatic rings. The summed E-state index contributed by atoms with van der Waals surface area (Å²) in [6.45, 7) is 18.4. The van der Waals surface area contributed by atoms with Crippen LogP contribution >= 0.6 is 0 Å². The second kappa shape index (κ2) is 15.7. The van der Waals surface area contributed by atoms with Crippen molar-refractivity contribution in [3.63, 3.8) is 0 Å². The van der Waals surface area contributed by atoms with Crippen LogP contribution in [0.4, 0.5) is 13.2 Å². The number of nitrogens with zero attached hydrogens (tertiary/aromatic N) is 3. The van der Waals surface area contributed by atoms with Crippen LogP contribution in [0.15, 0.2) is 18.2 Å². The largest absolute Gasteiger partial charge is 0.469 e. The molecule has 0 aliphatic carbocycles. The monoisotopic (exact) mass is 821 g/mol. The van der Waals surface area contributed by atoms with Gasteiger partial charge in [0.1, 0.15) is 0 Å². The molecule has 314 valence electrons. The van der Waals surface area contributed by atoms with Crippen LogP contribution in [-0.4, -0.2) is 70.8 Å². The summed E-state index contributed by atoms with van der Waals surface area (Å²) < 4.78 is 60.1. The maximum Gasteiger partial charge on any atom is 0.423 e. The number of aromatic nitrogens is 4. The molecule has 2 unspecified atom stereocenters. The Morgan fingerprint density at radius 1 is 0.948 bits per heavy atom. The number of nitrogens with one attached hydrogen (secondary N) is 2. The number of carbonyl (C=O) groups is 3. The predicted molar refractivity (Wildman–Crippen MR) is 222 cm³/mol. The van der Waals surface area contributed by atoms with Crippen LogP contribution < -0.4 is 0 Å². The molecular formula is C44H58F3N5O5Si. The zero-order chi connectivity index (χ0) is 42.7. The van der Waals surface area contributed by atoms with Gasteiger partial charge in [0.05, 0.1) is 51.9 Å². The Hall–Kier alpha value is -4.30. The first-order valence-corrected chi connectivity index (χ1v) is 24.1. The van der Waals surface area contributed by atoms with Crippen LogP contribution in [0.1, 0.15) is 165 Å². The Morgan fingerprint density at radius 2 is 1.64 bits per heavy atom. The fourth-order valence-electron chi connectivity index (χ4n) is 9.28.